The van der Waals surface area contributed by atoms with Gasteiger partial charge in [-0.1, -0.05) is 0 Å². The minimum absolute atomic E-state index is 0.276. The summed E-state index contributed by atoms with van der Waals surface area (Å²) >= 11 is 4.03. The second-order valence-electron chi connectivity index (χ2n) is 2.16. The highest BCUT2D eigenvalue weighted by atomic mass is 127. The van der Waals surface area contributed by atoms with E-state index in [1.54, 1.807) is 12.1 Å². The molecule has 3 N–H and O–H groups in total. The van der Waals surface area contributed by atoms with Crippen molar-refractivity contribution >= 4 is 56.8 Å². The van der Waals surface area contributed by atoms with Crippen molar-refractivity contribution in [3.8, 4) is 0 Å². The lowest BCUT2D eigenvalue weighted by Crippen LogP contribution is -2.01. The summed E-state index contributed by atoms with van der Waals surface area (Å²) in [6, 6.07) is 3.11. The maximum absolute atomic E-state index is 10.6. The van der Waals surface area contributed by atoms with Gasteiger partial charge in [0, 0.05) is 7.14 Å². The van der Waals surface area contributed by atoms with Gasteiger partial charge in [-0.25, -0.2) is 4.79 Å². The largest absolute Gasteiger partial charge is 0.478 e. The van der Waals surface area contributed by atoms with Crippen molar-refractivity contribution in [1.82, 2.24) is 0 Å². The lowest BCUT2D eigenvalue weighted by molar-refractivity contribution is 0.0697. The molecular formula is C7H5I2NO2. The summed E-state index contributed by atoms with van der Waals surface area (Å²) in [4.78, 5) is 10.6. The molecule has 0 aromatic heterocycles. The summed E-state index contributed by atoms with van der Waals surface area (Å²) in [6.07, 6.45) is 0. The molecule has 0 unspecified atom stereocenters. The summed E-state index contributed by atoms with van der Waals surface area (Å²) < 4.78 is 1.55. The van der Waals surface area contributed by atoms with E-state index in [2.05, 4.69) is 0 Å². The Kier molecular flexibility index (Phi) is 3.16. The Labute approximate surface area is 96.6 Å². The molecule has 64 valence electrons. The number of carboxylic acids is 1. The standard InChI is InChI=1S/C7H5I2NO2/c8-4-1-3(7(11)12)2-5(9)6(4)10/h1-2H,10H2,(H,11,12). The van der Waals surface area contributed by atoms with Crippen LogP contribution in [0.5, 0.6) is 0 Å². The first-order chi connectivity index (χ1) is 5.52. The van der Waals surface area contributed by atoms with Crippen molar-refractivity contribution in [2.75, 3.05) is 5.73 Å². The zero-order chi connectivity index (χ0) is 9.30. The van der Waals surface area contributed by atoms with Crippen molar-refractivity contribution in [3.63, 3.8) is 0 Å². The molecule has 0 saturated heterocycles. The molecule has 0 aliphatic heterocycles. The number of anilines is 1. The van der Waals surface area contributed by atoms with Crippen LogP contribution in [0.25, 0.3) is 0 Å². The van der Waals surface area contributed by atoms with Crippen LogP contribution in [0.15, 0.2) is 12.1 Å². The second-order valence-corrected chi connectivity index (χ2v) is 4.48. The zero-order valence-electron chi connectivity index (χ0n) is 5.84. The average Bonchev–Trinajstić information content (AvgIpc) is 1.99. The molecule has 3 nitrogen and oxygen atoms in total. The van der Waals surface area contributed by atoms with Gasteiger partial charge >= 0.3 is 5.97 Å². The molecule has 0 radical (unpaired) electrons. The Hall–Kier alpha value is -0.0500. The topological polar surface area (TPSA) is 63.3 Å². The van der Waals surface area contributed by atoms with Gasteiger partial charge in [0.1, 0.15) is 0 Å². The number of nitrogen functional groups attached to an aromatic ring is 1. The first-order valence-electron chi connectivity index (χ1n) is 3.00. The van der Waals surface area contributed by atoms with Crippen molar-refractivity contribution in [2.24, 2.45) is 0 Å². The van der Waals surface area contributed by atoms with E-state index in [1.807, 2.05) is 45.2 Å². The molecule has 0 saturated carbocycles. The quantitative estimate of drug-likeness (QED) is 0.572. The number of carboxylic acid groups (broad SMARTS) is 1. The third-order valence-electron chi connectivity index (χ3n) is 1.33. The summed E-state index contributed by atoms with van der Waals surface area (Å²) in [5.41, 5.74) is 6.56. The van der Waals surface area contributed by atoms with E-state index in [1.165, 1.54) is 0 Å². The molecule has 1 aromatic rings. The third-order valence-corrected chi connectivity index (χ3v) is 3.11. The predicted molar refractivity (Wildman–Crippen MR) is 63.2 cm³/mol. The van der Waals surface area contributed by atoms with Crippen LogP contribution in [-0.2, 0) is 0 Å². The van der Waals surface area contributed by atoms with E-state index in [0.717, 1.165) is 7.14 Å². The fourth-order valence-corrected chi connectivity index (χ4v) is 2.48. The molecule has 0 fully saturated rings. The fraction of sp³-hybridized carbons (Fsp3) is 0. The van der Waals surface area contributed by atoms with Crippen molar-refractivity contribution in [2.45, 2.75) is 0 Å². The molecule has 0 bridgehead atoms. The Morgan fingerprint density at radius 3 is 2.08 bits per heavy atom. The summed E-state index contributed by atoms with van der Waals surface area (Å²) in [7, 11) is 0. The van der Waals surface area contributed by atoms with Crippen LogP contribution in [0.1, 0.15) is 10.4 Å². The fourth-order valence-electron chi connectivity index (χ4n) is 0.708. The van der Waals surface area contributed by atoms with E-state index in [9.17, 15) is 4.79 Å². The van der Waals surface area contributed by atoms with E-state index in [0.29, 0.717) is 5.69 Å². The monoisotopic (exact) mass is 389 g/mol. The number of rotatable bonds is 1. The van der Waals surface area contributed by atoms with E-state index >= 15 is 0 Å². The maximum Gasteiger partial charge on any atom is 0.335 e. The Morgan fingerprint density at radius 1 is 1.33 bits per heavy atom. The lowest BCUT2D eigenvalue weighted by Gasteiger charge is -2.02. The number of halogens is 2. The smallest absolute Gasteiger partial charge is 0.335 e. The van der Waals surface area contributed by atoms with Gasteiger partial charge in [-0.15, -0.1) is 0 Å². The molecule has 0 atom stereocenters. The van der Waals surface area contributed by atoms with Gasteiger partial charge in [0.15, 0.2) is 0 Å². The number of nitrogens with two attached hydrogens (primary N) is 1. The molecule has 1 aromatic carbocycles. The Balaban J connectivity index is 3.31. The van der Waals surface area contributed by atoms with Crippen LogP contribution < -0.4 is 5.73 Å². The van der Waals surface area contributed by atoms with Crippen molar-refractivity contribution < 1.29 is 9.90 Å². The highest BCUT2D eigenvalue weighted by Crippen LogP contribution is 2.23. The summed E-state index contributed by atoms with van der Waals surface area (Å²) in [6.45, 7) is 0. The van der Waals surface area contributed by atoms with Crippen LogP contribution in [0.2, 0.25) is 0 Å². The molecule has 0 amide bonds. The Bertz CT molecular complexity index is 315. The lowest BCUT2D eigenvalue weighted by atomic mass is 10.2. The first kappa shape index (κ1) is 10.0. The Morgan fingerprint density at radius 2 is 1.75 bits per heavy atom. The number of hydrogen-bond acceptors (Lipinski definition) is 2. The van der Waals surface area contributed by atoms with Gasteiger partial charge in [0.25, 0.3) is 0 Å². The van der Waals surface area contributed by atoms with Crippen LogP contribution in [0, 0.1) is 7.14 Å². The summed E-state index contributed by atoms with van der Waals surface area (Å²) in [5.74, 6) is -0.925. The van der Waals surface area contributed by atoms with Gasteiger partial charge in [-0.2, -0.15) is 0 Å². The summed E-state index contributed by atoms with van der Waals surface area (Å²) in [5, 5.41) is 8.68. The first-order valence-corrected chi connectivity index (χ1v) is 5.16. The highest BCUT2D eigenvalue weighted by molar-refractivity contribution is 14.1. The minimum atomic E-state index is -0.925. The van der Waals surface area contributed by atoms with Crippen LogP contribution >= 0.6 is 45.2 Å². The zero-order valence-corrected chi connectivity index (χ0v) is 10.2. The number of carbonyl (C=O) groups is 1. The van der Waals surface area contributed by atoms with Crippen LogP contribution in [0.4, 0.5) is 5.69 Å². The van der Waals surface area contributed by atoms with Gasteiger partial charge in [0.05, 0.1) is 11.3 Å². The molecule has 12 heavy (non-hydrogen) atoms. The third kappa shape index (κ3) is 2.00. The SMILES string of the molecule is Nc1c(I)cc(C(=O)O)cc1I. The molecule has 0 aliphatic rings. The van der Waals surface area contributed by atoms with Gasteiger partial charge in [0.2, 0.25) is 0 Å². The molecule has 0 heterocycles. The van der Waals surface area contributed by atoms with Crippen molar-refractivity contribution in [1.29, 1.82) is 0 Å². The molecule has 0 spiro atoms. The average molecular weight is 389 g/mol. The normalized spacial score (nSPS) is 9.83. The number of aromatic carboxylic acids is 1. The number of benzene rings is 1. The molecule has 0 aliphatic carbocycles. The van der Waals surface area contributed by atoms with Gasteiger partial charge in [-0.3, -0.25) is 0 Å². The predicted octanol–water partition coefficient (Wildman–Crippen LogP) is 2.18. The second kappa shape index (κ2) is 3.77. The van der Waals surface area contributed by atoms with E-state index < -0.39 is 5.97 Å². The van der Waals surface area contributed by atoms with Gasteiger partial charge < -0.3 is 10.8 Å². The maximum atomic E-state index is 10.6. The van der Waals surface area contributed by atoms with Crippen molar-refractivity contribution in [3.05, 3.63) is 24.8 Å². The minimum Gasteiger partial charge on any atom is -0.478 e. The van der Waals surface area contributed by atoms with Crippen LogP contribution in [0.3, 0.4) is 0 Å². The molecule has 1 rings (SSSR count). The number of hydrogen-bond donors (Lipinski definition) is 2. The molecule has 5 heteroatoms. The van der Waals surface area contributed by atoms with E-state index in [-0.39, 0.29) is 5.56 Å². The van der Waals surface area contributed by atoms with Gasteiger partial charge in [-0.05, 0) is 57.3 Å². The molecular weight excluding hydrogens is 384 g/mol. The van der Waals surface area contributed by atoms with Crippen LogP contribution in [-0.4, -0.2) is 11.1 Å². The highest BCUT2D eigenvalue weighted by Gasteiger charge is 2.08. The van der Waals surface area contributed by atoms with E-state index in [4.69, 9.17) is 10.8 Å².